The molecule has 0 saturated carbocycles. The molecule has 0 radical (unpaired) electrons. The Bertz CT molecular complexity index is 908. The molecule has 1 aromatic carbocycles. The van der Waals surface area contributed by atoms with Gasteiger partial charge in [-0.3, -0.25) is 0 Å². The number of hydrogen-bond acceptors (Lipinski definition) is 7. The van der Waals surface area contributed by atoms with Gasteiger partial charge >= 0.3 is 11.9 Å². The van der Waals surface area contributed by atoms with Crippen molar-refractivity contribution in [3.8, 4) is 12.1 Å². The molecule has 0 saturated heterocycles. The molecule has 1 unspecified atom stereocenters. The van der Waals surface area contributed by atoms with Crippen molar-refractivity contribution in [1.82, 2.24) is 0 Å². The molecular weight excluding hydrogens is 408 g/mol. The summed E-state index contributed by atoms with van der Waals surface area (Å²) in [5.74, 6) is -1.87. The van der Waals surface area contributed by atoms with Crippen molar-refractivity contribution in [2.45, 2.75) is 12.5 Å². The lowest BCUT2D eigenvalue weighted by Gasteiger charge is -2.27. The van der Waals surface area contributed by atoms with E-state index >= 15 is 0 Å². The van der Waals surface area contributed by atoms with E-state index in [1.165, 1.54) is 36.4 Å². The van der Waals surface area contributed by atoms with Crippen LogP contribution in [-0.4, -0.2) is 38.9 Å². The number of benzene rings is 1. The maximum absolute atomic E-state index is 12.8. The maximum Gasteiger partial charge on any atom is 0.339 e. The Morgan fingerprint density at radius 1 is 1.13 bits per heavy atom. The van der Waals surface area contributed by atoms with Gasteiger partial charge in [0, 0.05) is 17.0 Å². The van der Waals surface area contributed by atoms with Crippen LogP contribution in [0.25, 0.3) is 5.57 Å². The van der Waals surface area contributed by atoms with Crippen LogP contribution in [0.5, 0.6) is 0 Å². The number of allylic oxidation sites excluding steroid dienone is 2. The number of esters is 2. The summed E-state index contributed by atoms with van der Waals surface area (Å²) in [6.45, 7) is 7.02. The number of ether oxygens (including phenoxy) is 3. The fourth-order valence-electron chi connectivity index (χ4n) is 2.79. The topological polar surface area (TPSA) is 109 Å². The van der Waals surface area contributed by atoms with E-state index in [0.29, 0.717) is 10.6 Å². The second-order valence-electron chi connectivity index (χ2n) is 5.93. The SMILES string of the molecule is C=CCOC(C(=O)OC)/C(C(=O)OC)=C(\c1ccc(Cl)cc1)C(C#N)(C#N)CC=C. The van der Waals surface area contributed by atoms with Crippen LogP contribution in [0.1, 0.15) is 12.0 Å². The van der Waals surface area contributed by atoms with Crippen LogP contribution in [0.4, 0.5) is 0 Å². The number of carbonyl (C=O) groups is 2. The fraction of sp³-hybridized carbons (Fsp3) is 0.273. The summed E-state index contributed by atoms with van der Waals surface area (Å²) >= 11 is 5.97. The number of rotatable bonds is 10. The van der Waals surface area contributed by atoms with E-state index in [2.05, 4.69) is 13.2 Å². The van der Waals surface area contributed by atoms with Crippen LogP contribution in [0.15, 0.2) is 55.1 Å². The highest BCUT2D eigenvalue weighted by Gasteiger charge is 2.43. The van der Waals surface area contributed by atoms with Crippen LogP contribution >= 0.6 is 11.6 Å². The lowest BCUT2D eigenvalue weighted by Crippen LogP contribution is -2.35. The lowest BCUT2D eigenvalue weighted by molar-refractivity contribution is -0.154. The quantitative estimate of drug-likeness (QED) is 0.318. The Morgan fingerprint density at radius 2 is 1.73 bits per heavy atom. The summed E-state index contributed by atoms with van der Waals surface area (Å²) in [5, 5.41) is 20.3. The predicted octanol–water partition coefficient (Wildman–Crippen LogP) is 3.62. The van der Waals surface area contributed by atoms with Gasteiger partial charge in [0.05, 0.1) is 38.5 Å². The highest BCUT2D eigenvalue weighted by atomic mass is 35.5. The van der Waals surface area contributed by atoms with E-state index in [1.807, 2.05) is 12.1 Å². The van der Waals surface area contributed by atoms with Crippen LogP contribution in [0.2, 0.25) is 5.02 Å². The standard InChI is InChI=1S/C22H21ClN2O5/c1-5-11-22(13-24,14-25)18(15-7-9-16(23)10-8-15)17(20(26)28-3)19(21(27)29-4)30-12-6-2/h5-10,19H,1-2,11-12H2,3-4H3/b18-17-. The van der Waals surface area contributed by atoms with Crippen LogP contribution in [-0.2, 0) is 23.8 Å². The molecule has 0 N–H and O–H groups in total. The summed E-state index contributed by atoms with van der Waals surface area (Å²) in [4.78, 5) is 25.3. The summed E-state index contributed by atoms with van der Waals surface area (Å²) in [5.41, 5.74) is -1.96. The molecule has 0 fully saturated rings. The molecule has 0 aliphatic carbocycles. The molecule has 7 nitrogen and oxygen atoms in total. The van der Waals surface area contributed by atoms with Crippen molar-refractivity contribution < 1.29 is 23.8 Å². The van der Waals surface area contributed by atoms with Crippen LogP contribution < -0.4 is 0 Å². The number of nitriles is 2. The third kappa shape index (κ3) is 5.36. The van der Waals surface area contributed by atoms with Crippen molar-refractivity contribution in [3.05, 3.63) is 65.7 Å². The highest BCUT2D eigenvalue weighted by molar-refractivity contribution is 6.30. The normalized spacial score (nSPS) is 12.4. The lowest BCUT2D eigenvalue weighted by atomic mass is 9.73. The molecule has 0 heterocycles. The molecule has 1 aromatic rings. The summed E-state index contributed by atoms with van der Waals surface area (Å²) in [6.07, 6.45) is 1.04. The first-order valence-corrected chi connectivity index (χ1v) is 9.06. The smallest absolute Gasteiger partial charge is 0.339 e. The second-order valence-corrected chi connectivity index (χ2v) is 6.37. The second kappa shape index (κ2) is 11.6. The van der Waals surface area contributed by atoms with Crippen LogP contribution in [0.3, 0.4) is 0 Å². The molecule has 0 aromatic heterocycles. The number of halogens is 1. The molecule has 8 heteroatoms. The predicted molar refractivity (Wildman–Crippen MR) is 111 cm³/mol. The van der Waals surface area contributed by atoms with Crippen molar-refractivity contribution >= 4 is 29.1 Å². The van der Waals surface area contributed by atoms with Crippen molar-refractivity contribution in [2.24, 2.45) is 5.41 Å². The molecule has 0 bridgehead atoms. The van der Waals surface area contributed by atoms with E-state index < -0.39 is 23.5 Å². The highest BCUT2D eigenvalue weighted by Crippen LogP contribution is 2.42. The Kier molecular flexibility index (Phi) is 9.51. The van der Waals surface area contributed by atoms with Crippen LogP contribution in [0, 0.1) is 28.1 Å². The minimum Gasteiger partial charge on any atom is -0.467 e. The Hall–Kier alpha value is -3.39. The molecule has 30 heavy (non-hydrogen) atoms. The Labute approximate surface area is 180 Å². The molecular formula is C22H21ClN2O5. The van der Waals surface area contributed by atoms with Gasteiger partial charge in [-0.25, -0.2) is 9.59 Å². The van der Waals surface area contributed by atoms with Gasteiger partial charge in [0.2, 0.25) is 0 Å². The number of carbonyl (C=O) groups excluding carboxylic acids is 2. The van der Waals surface area contributed by atoms with Gasteiger partial charge < -0.3 is 14.2 Å². The van der Waals surface area contributed by atoms with Gasteiger partial charge in [-0.15, -0.1) is 13.2 Å². The first-order chi connectivity index (χ1) is 14.3. The zero-order valence-corrected chi connectivity index (χ0v) is 17.4. The van der Waals surface area contributed by atoms with Gasteiger partial charge in [-0.2, -0.15) is 10.5 Å². The number of nitrogens with zero attached hydrogens (tertiary/aromatic N) is 2. The summed E-state index contributed by atoms with van der Waals surface area (Å²) in [7, 11) is 2.23. The minimum atomic E-state index is -1.87. The van der Waals surface area contributed by atoms with E-state index in [1.54, 1.807) is 0 Å². The Balaban J connectivity index is 4.12. The van der Waals surface area contributed by atoms with Crippen molar-refractivity contribution in [1.29, 1.82) is 10.5 Å². The van der Waals surface area contributed by atoms with E-state index in [9.17, 15) is 20.1 Å². The first-order valence-electron chi connectivity index (χ1n) is 8.68. The molecule has 1 rings (SSSR count). The molecule has 0 aliphatic heterocycles. The molecule has 0 spiro atoms. The zero-order chi connectivity index (χ0) is 22.7. The Morgan fingerprint density at radius 3 is 2.17 bits per heavy atom. The van der Waals surface area contributed by atoms with Gasteiger partial charge in [-0.05, 0) is 17.7 Å². The van der Waals surface area contributed by atoms with Gasteiger partial charge in [-0.1, -0.05) is 35.9 Å². The maximum atomic E-state index is 12.8. The summed E-state index contributed by atoms with van der Waals surface area (Å²) in [6, 6.07) is 9.99. The molecule has 156 valence electrons. The van der Waals surface area contributed by atoms with E-state index in [0.717, 1.165) is 14.2 Å². The third-order valence-electron chi connectivity index (χ3n) is 4.12. The largest absolute Gasteiger partial charge is 0.467 e. The first kappa shape index (κ1) is 24.6. The average molecular weight is 429 g/mol. The molecule has 0 amide bonds. The molecule has 0 aliphatic rings. The minimum absolute atomic E-state index is 0.0598. The van der Waals surface area contributed by atoms with Crippen molar-refractivity contribution in [2.75, 3.05) is 20.8 Å². The monoisotopic (exact) mass is 428 g/mol. The van der Waals surface area contributed by atoms with Gasteiger partial charge in [0.25, 0.3) is 0 Å². The van der Waals surface area contributed by atoms with Gasteiger partial charge in [0.1, 0.15) is 0 Å². The molecule has 1 atom stereocenters. The number of methoxy groups -OCH3 is 2. The van der Waals surface area contributed by atoms with Crippen molar-refractivity contribution in [3.63, 3.8) is 0 Å². The fourth-order valence-corrected chi connectivity index (χ4v) is 2.91. The average Bonchev–Trinajstić information content (AvgIpc) is 2.77. The number of hydrogen-bond donors (Lipinski definition) is 0. The van der Waals surface area contributed by atoms with E-state index in [-0.39, 0.29) is 24.2 Å². The zero-order valence-electron chi connectivity index (χ0n) is 16.7. The third-order valence-corrected chi connectivity index (χ3v) is 4.38. The van der Waals surface area contributed by atoms with Gasteiger partial charge in [0.15, 0.2) is 11.5 Å². The van der Waals surface area contributed by atoms with E-state index in [4.69, 9.17) is 25.8 Å². The summed E-state index contributed by atoms with van der Waals surface area (Å²) < 4.78 is 15.2.